The van der Waals surface area contributed by atoms with Gasteiger partial charge in [0.05, 0.1) is 0 Å². The summed E-state index contributed by atoms with van der Waals surface area (Å²) in [6.07, 6.45) is 9.16. The molecule has 1 atom stereocenters. The molecule has 0 radical (unpaired) electrons. The largest absolute Gasteiger partial charge is 0.490 e. The number of hydrogen-bond acceptors (Lipinski definition) is 6. The van der Waals surface area contributed by atoms with Gasteiger partial charge in [0.2, 0.25) is 5.91 Å². The van der Waals surface area contributed by atoms with E-state index in [2.05, 4.69) is 16.7 Å². The number of nitrogens with zero attached hydrogens (tertiary/aromatic N) is 1. The van der Waals surface area contributed by atoms with E-state index in [4.69, 9.17) is 15.2 Å². The van der Waals surface area contributed by atoms with Gasteiger partial charge in [0.1, 0.15) is 29.5 Å². The van der Waals surface area contributed by atoms with Crippen LogP contribution in [0.25, 0.3) is 0 Å². The number of ether oxygens (including phenoxy) is 2. The SMILES string of the molecule is NCCCC(=O)Nc1cc(F)cc(OC2CCN(C(=O)c3ccc(OC4CCNC4)c(C4CCCCC4)c3)CC2)c1. The van der Waals surface area contributed by atoms with Crippen molar-refractivity contribution in [3.05, 3.63) is 53.3 Å². The first-order chi connectivity index (χ1) is 20.0. The quantitative estimate of drug-likeness (QED) is 0.375. The molecule has 1 unspecified atom stereocenters. The van der Waals surface area contributed by atoms with Crippen LogP contribution in [0.4, 0.5) is 10.1 Å². The summed E-state index contributed by atoms with van der Waals surface area (Å²) < 4.78 is 26.7. The number of halogens is 1. The second-order valence-electron chi connectivity index (χ2n) is 11.5. The molecule has 222 valence electrons. The standard InChI is InChI=1S/C32H43FN4O4/c33-24-18-25(36-31(38)7-4-13-34)20-28(19-24)40-26-11-15-37(16-12-26)32(39)23-8-9-30(41-27-10-14-35-21-27)29(17-23)22-5-2-1-3-6-22/h8-9,17-20,22,26-27,35H,1-7,10-16,21,34H2,(H,36,38). The molecule has 2 aromatic carbocycles. The van der Waals surface area contributed by atoms with E-state index >= 15 is 0 Å². The molecular weight excluding hydrogens is 523 g/mol. The lowest BCUT2D eigenvalue weighted by molar-refractivity contribution is -0.116. The minimum Gasteiger partial charge on any atom is -0.490 e. The van der Waals surface area contributed by atoms with Gasteiger partial charge in [-0.15, -0.1) is 0 Å². The van der Waals surface area contributed by atoms with Crippen molar-refractivity contribution in [2.45, 2.75) is 82.3 Å². The van der Waals surface area contributed by atoms with Crippen LogP contribution in [0.3, 0.4) is 0 Å². The van der Waals surface area contributed by atoms with Crippen molar-refractivity contribution in [3.63, 3.8) is 0 Å². The zero-order valence-corrected chi connectivity index (χ0v) is 23.8. The lowest BCUT2D eigenvalue weighted by Gasteiger charge is -2.33. The van der Waals surface area contributed by atoms with E-state index in [9.17, 15) is 14.0 Å². The molecule has 0 spiro atoms. The van der Waals surface area contributed by atoms with E-state index in [1.165, 1.54) is 37.0 Å². The highest BCUT2D eigenvalue weighted by molar-refractivity contribution is 5.94. The third-order valence-electron chi connectivity index (χ3n) is 8.41. The number of benzene rings is 2. The number of piperidine rings is 1. The van der Waals surface area contributed by atoms with Gasteiger partial charge in [0.25, 0.3) is 5.91 Å². The van der Waals surface area contributed by atoms with Crippen LogP contribution in [0.2, 0.25) is 0 Å². The number of carbonyl (C=O) groups is 2. The summed E-state index contributed by atoms with van der Waals surface area (Å²) in [5.41, 5.74) is 7.71. The minimum atomic E-state index is -0.477. The molecule has 1 saturated carbocycles. The molecule has 2 aromatic rings. The van der Waals surface area contributed by atoms with Gasteiger partial charge in [-0.25, -0.2) is 4.39 Å². The van der Waals surface area contributed by atoms with Crippen LogP contribution in [-0.2, 0) is 4.79 Å². The molecule has 2 saturated heterocycles. The van der Waals surface area contributed by atoms with Crippen LogP contribution in [0.5, 0.6) is 11.5 Å². The lowest BCUT2D eigenvalue weighted by Crippen LogP contribution is -2.41. The molecule has 4 N–H and O–H groups in total. The van der Waals surface area contributed by atoms with Crippen molar-refractivity contribution >= 4 is 17.5 Å². The molecule has 9 heteroatoms. The van der Waals surface area contributed by atoms with Gasteiger partial charge in [-0.2, -0.15) is 0 Å². The third kappa shape index (κ3) is 7.98. The van der Waals surface area contributed by atoms with E-state index in [0.29, 0.717) is 61.8 Å². The fourth-order valence-corrected chi connectivity index (χ4v) is 6.17. The van der Waals surface area contributed by atoms with Gasteiger partial charge in [-0.3, -0.25) is 9.59 Å². The van der Waals surface area contributed by atoms with Crippen molar-refractivity contribution in [1.82, 2.24) is 10.2 Å². The second-order valence-corrected chi connectivity index (χ2v) is 11.5. The number of nitrogens with one attached hydrogen (secondary N) is 2. The van der Waals surface area contributed by atoms with Gasteiger partial charge in [0, 0.05) is 62.3 Å². The molecule has 2 aliphatic heterocycles. The Morgan fingerprint density at radius 3 is 2.51 bits per heavy atom. The summed E-state index contributed by atoms with van der Waals surface area (Å²) in [7, 11) is 0. The average molecular weight is 567 g/mol. The van der Waals surface area contributed by atoms with Gasteiger partial charge >= 0.3 is 0 Å². The maximum Gasteiger partial charge on any atom is 0.253 e. The first-order valence-electron chi connectivity index (χ1n) is 15.3. The Bertz CT molecular complexity index is 1190. The van der Waals surface area contributed by atoms with Gasteiger partial charge in [0.15, 0.2) is 0 Å². The lowest BCUT2D eigenvalue weighted by atomic mass is 9.83. The van der Waals surface area contributed by atoms with E-state index in [1.807, 2.05) is 17.0 Å². The fourth-order valence-electron chi connectivity index (χ4n) is 6.17. The minimum absolute atomic E-state index is 0.0304. The number of nitrogens with two attached hydrogens (primary N) is 1. The summed E-state index contributed by atoms with van der Waals surface area (Å²) in [5, 5.41) is 6.08. The zero-order valence-electron chi connectivity index (χ0n) is 23.8. The molecular formula is C32H43FN4O4. The Labute approximate surface area is 242 Å². The monoisotopic (exact) mass is 566 g/mol. The van der Waals surface area contributed by atoms with Crippen LogP contribution >= 0.6 is 0 Å². The Morgan fingerprint density at radius 2 is 1.78 bits per heavy atom. The van der Waals surface area contributed by atoms with E-state index in [-0.39, 0.29) is 30.4 Å². The van der Waals surface area contributed by atoms with Crippen molar-refractivity contribution in [2.75, 3.05) is 38.0 Å². The summed E-state index contributed by atoms with van der Waals surface area (Å²) in [6, 6.07) is 10.2. The normalized spacial score (nSPS) is 20.1. The van der Waals surface area contributed by atoms with Crippen LogP contribution in [0.1, 0.15) is 86.0 Å². The number of hydrogen-bond donors (Lipinski definition) is 3. The van der Waals surface area contributed by atoms with Gasteiger partial charge < -0.3 is 30.7 Å². The maximum atomic E-state index is 14.2. The van der Waals surface area contributed by atoms with Gasteiger partial charge in [-0.05, 0) is 74.5 Å². The molecule has 3 aliphatic rings. The molecule has 2 heterocycles. The Morgan fingerprint density at radius 1 is 0.976 bits per heavy atom. The highest BCUT2D eigenvalue weighted by Crippen LogP contribution is 2.39. The van der Waals surface area contributed by atoms with Crippen LogP contribution in [-0.4, -0.2) is 61.6 Å². The smallest absolute Gasteiger partial charge is 0.253 e. The second kappa shape index (κ2) is 14.1. The zero-order chi connectivity index (χ0) is 28.6. The number of likely N-dealkylation sites (tertiary alicyclic amines) is 1. The molecule has 8 nitrogen and oxygen atoms in total. The molecule has 2 amide bonds. The highest BCUT2D eigenvalue weighted by atomic mass is 19.1. The Kier molecular flexibility index (Phi) is 10.1. The van der Waals surface area contributed by atoms with Crippen molar-refractivity contribution in [2.24, 2.45) is 5.73 Å². The highest BCUT2D eigenvalue weighted by Gasteiger charge is 2.28. The number of anilines is 1. The third-order valence-corrected chi connectivity index (χ3v) is 8.41. The number of amides is 2. The summed E-state index contributed by atoms with van der Waals surface area (Å²) >= 11 is 0. The molecule has 5 rings (SSSR count). The Hall–Kier alpha value is -3.17. The molecule has 41 heavy (non-hydrogen) atoms. The van der Waals surface area contributed by atoms with Crippen molar-refractivity contribution < 1.29 is 23.5 Å². The first-order valence-corrected chi connectivity index (χ1v) is 15.3. The summed E-state index contributed by atoms with van der Waals surface area (Å²) in [4.78, 5) is 27.5. The van der Waals surface area contributed by atoms with Crippen molar-refractivity contribution in [3.8, 4) is 11.5 Å². The van der Waals surface area contributed by atoms with Gasteiger partial charge in [-0.1, -0.05) is 19.3 Å². The number of rotatable bonds is 10. The first kappa shape index (κ1) is 29.3. The van der Waals surface area contributed by atoms with E-state index < -0.39 is 5.82 Å². The topological polar surface area (TPSA) is 106 Å². The van der Waals surface area contributed by atoms with E-state index in [1.54, 1.807) is 6.07 Å². The number of carbonyl (C=O) groups excluding carboxylic acids is 2. The Balaban J connectivity index is 1.20. The predicted molar refractivity (Wildman–Crippen MR) is 157 cm³/mol. The molecule has 0 aromatic heterocycles. The maximum absolute atomic E-state index is 14.2. The fraction of sp³-hybridized carbons (Fsp3) is 0.562. The van der Waals surface area contributed by atoms with Crippen LogP contribution in [0.15, 0.2) is 36.4 Å². The molecule has 0 bridgehead atoms. The summed E-state index contributed by atoms with van der Waals surface area (Å²) in [5.74, 6) is 1.08. The van der Waals surface area contributed by atoms with Crippen molar-refractivity contribution in [1.29, 1.82) is 0 Å². The summed E-state index contributed by atoms with van der Waals surface area (Å²) in [6.45, 7) is 3.39. The van der Waals surface area contributed by atoms with Crippen LogP contribution in [0, 0.1) is 5.82 Å². The molecule has 1 aliphatic carbocycles. The van der Waals surface area contributed by atoms with E-state index in [0.717, 1.165) is 38.1 Å². The molecule has 3 fully saturated rings. The average Bonchev–Trinajstić information content (AvgIpc) is 3.50. The van der Waals surface area contributed by atoms with Crippen LogP contribution < -0.4 is 25.8 Å². The predicted octanol–water partition coefficient (Wildman–Crippen LogP) is 4.98.